The second kappa shape index (κ2) is 7.99. The summed E-state index contributed by atoms with van der Waals surface area (Å²) >= 11 is 0. The van der Waals surface area contributed by atoms with Gasteiger partial charge in [0, 0.05) is 5.56 Å². The van der Waals surface area contributed by atoms with Crippen molar-refractivity contribution in [3.63, 3.8) is 0 Å². The van der Waals surface area contributed by atoms with Gasteiger partial charge in [0.1, 0.15) is 0 Å². The van der Waals surface area contributed by atoms with E-state index in [1.165, 1.54) is 6.07 Å². The Bertz CT molecular complexity index is 899. The first-order valence-corrected chi connectivity index (χ1v) is 8.74. The van der Waals surface area contributed by atoms with Gasteiger partial charge in [-0.15, -0.1) is 0 Å². The molecule has 0 saturated carbocycles. The molecule has 1 aliphatic heterocycles. The minimum absolute atomic E-state index is 0.0938. The average Bonchev–Trinajstić information content (AvgIpc) is 3.18. The van der Waals surface area contributed by atoms with Crippen LogP contribution < -0.4 is 20.1 Å². The summed E-state index contributed by atoms with van der Waals surface area (Å²) in [5.74, 6) is -1.26. The third kappa shape index (κ3) is 3.75. The summed E-state index contributed by atoms with van der Waals surface area (Å²) < 4.78 is 10.4. The molecule has 8 nitrogen and oxygen atoms in total. The molecule has 2 aromatic carbocycles. The Balaban J connectivity index is 1.66. The molecular weight excluding hydrogens is 364 g/mol. The molecule has 3 rings (SSSR count). The fourth-order valence-corrected chi connectivity index (χ4v) is 3.00. The maximum atomic E-state index is 12.4. The number of carbonyl (C=O) groups excluding carboxylic acids is 2. The van der Waals surface area contributed by atoms with Crippen molar-refractivity contribution < 1.29 is 29.0 Å². The second-order valence-electron chi connectivity index (χ2n) is 6.23. The van der Waals surface area contributed by atoms with Crippen LogP contribution in [-0.4, -0.2) is 36.2 Å². The van der Waals surface area contributed by atoms with Gasteiger partial charge in [-0.25, -0.2) is 4.79 Å². The van der Waals surface area contributed by atoms with Crippen molar-refractivity contribution in [3.05, 3.63) is 59.7 Å². The standard InChI is InChI=1S/C20H20N2O6/c1-2-20(19(25)26,14-6-4-3-5-7-14)22-17(23)11-21-18(24)13-8-9-15-16(10-13)28-12-27-15/h3-10H,2,11-12H2,1H3,(H,21,24)(H,22,23)(H,25,26). The number of nitrogens with one attached hydrogen (secondary N) is 2. The monoisotopic (exact) mass is 384 g/mol. The third-order valence-electron chi connectivity index (χ3n) is 4.56. The first-order valence-electron chi connectivity index (χ1n) is 8.74. The number of aliphatic carboxylic acids is 1. The second-order valence-corrected chi connectivity index (χ2v) is 6.23. The van der Waals surface area contributed by atoms with Crippen LogP contribution in [0.4, 0.5) is 0 Å². The summed E-state index contributed by atoms with van der Waals surface area (Å²) in [7, 11) is 0. The van der Waals surface area contributed by atoms with Crippen molar-refractivity contribution in [2.75, 3.05) is 13.3 Å². The lowest BCUT2D eigenvalue weighted by Crippen LogP contribution is -2.53. The van der Waals surface area contributed by atoms with Crippen LogP contribution in [-0.2, 0) is 15.1 Å². The lowest BCUT2D eigenvalue weighted by Gasteiger charge is -2.30. The van der Waals surface area contributed by atoms with E-state index in [-0.39, 0.29) is 19.8 Å². The molecule has 0 aromatic heterocycles. The van der Waals surface area contributed by atoms with Gasteiger partial charge >= 0.3 is 5.97 Å². The Morgan fingerprint density at radius 3 is 2.46 bits per heavy atom. The van der Waals surface area contributed by atoms with Gasteiger partial charge in [-0.2, -0.15) is 0 Å². The number of amides is 2. The van der Waals surface area contributed by atoms with Crippen molar-refractivity contribution in [3.8, 4) is 11.5 Å². The fourth-order valence-electron chi connectivity index (χ4n) is 3.00. The van der Waals surface area contributed by atoms with E-state index in [0.29, 0.717) is 22.6 Å². The number of fused-ring (bicyclic) bond motifs is 1. The number of carboxylic acids is 1. The lowest BCUT2D eigenvalue weighted by atomic mass is 9.87. The maximum absolute atomic E-state index is 12.4. The highest BCUT2D eigenvalue weighted by Gasteiger charge is 2.40. The van der Waals surface area contributed by atoms with Crippen LogP contribution in [0.5, 0.6) is 11.5 Å². The summed E-state index contributed by atoms with van der Waals surface area (Å²) in [4.78, 5) is 36.6. The Hall–Kier alpha value is -3.55. The molecule has 0 saturated heterocycles. The Morgan fingerprint density at radius 1 is 1.07 bits per heavy atom. The van der Waals surface area contributed by atoms with Crippen molar-refractivity contribution in [1.29, 1.82) is 0 Å². The molecule has 2 amide bonds. The number of ether oxygens (including phenoxy) is 2. The Morgan fingerprint density at radius 2 is 1.79 bits per heavy atom. The van der Waals surface area contributed by atoms with E-state index in [1.54, 1.807) is 49.4 Å². The maximum Gasteiger partial charge on any atom is 0.334 e. The zero-order valence-electron chi connectivity index (χ0n) is 15.2. The molecule has 1 atom stereocenters. The molecule has 0 radical (unpaired) electrons. The van der Waals surface area contributed by atoms with E-state index in [1.807, 2.05) is 0 Å². The van der Waals surface area contributed by atoms with E-state index in [0.717, 1.165) is 0 Å². The zero-order chi connectivity index (χ0) is 20.1. The van der Waals surface area contributed by atoms with E-state index < -0.39 is 23.3 Å². The lowest BCUT2D eigenvalue weighted by molar-refractivity contribution is -0.148. The fraction of sp³-hybridized carbons (Fsp3) is 0.250. The van der Waals surface area contributed by atoms with Gasteiger partial charge in [0.15, 0.2) is 17.0 Å². The largest absolute Gasteiger partial charge is 0.479 e. The van der Waals surface area contributed by atoms with E-state index in [4.69, 9.17) is 9.47 Å². The minimum atomic E-state index is -1.57. The molecule has 0 bridgehead atoms. The topological polar surface area (TPSA) is 114 Å². The number of carboxylic acid groups (broad SMARTS) is 1. The van der Waals surface area contributed by atoms with Crippen LogP contribution in [0, 0.1) is 0 Å². The SMILES string of the molecule is CCC(NC(=O)CNC(=O)c1ccc2c(c1)OCO2)(C(=O)O)c1ccccc1. The van der Waals surface area contributed by atoms with Gasteiger partial charge < -0.3 is 25.2 Å². The van der Waals surface area contributed by atoms with E-state index in [2.05, 4.69) is 10.6 Å². The zero-order valence-corrected chi connectivity index (χ0v) is 15.2. The molecule has 3 N–H and O–H groups in total. The van der Waals surface area contributed by atoms with Gasteiger partial charge in [-0.1, -0.05) is 37.3 Å². The summed E-state index contributed by atoms with van der Waals surface area (Å²) in [6, 6.07) is 13.1. The van der Waals surface area contributed by atoms with Crippen molar-refractivity contribution in [2.24, 2.45) is 0 Å². The molecule has 2 aromatic rings. The minimum Gasteiger partial charge on any atom is -0.479 e. The average molecular weight is 384 g/mol. The first-order chi connectivity index (χ1) is 13.5. The van der Waals surface area contributed by atoms with Crippen molar-refractivity contribution in [2.45, 2.75) is 18.9 Å². The summed E-state index contributed by atoms with van der Waals surface area (Å²) in [6.07, 6.45) is 0.147. The van der Waals surface area contributed by atoms with Gasteiger partial charge in [-0.3, -0.25) is 9.59 Å². The molecule has 0 fully saturated rings. The van der Waals surface area contributed by atoms with Gasteiger partial charge in [-0.05, 0) is 30.2 Å². The quantitative estimate of drug-likeness (QED) is 0.669. The Kier molecular flexibility index (Phi) is 5.49. The number of hydrogen-bond acceptors (Lipinski definition) is 5. The molecule has 146 valence electrons. The molecule has 1 heterocycles. The van der Waals surface area contributed by atoms with Crippen LogP contribution in [0.1, 0.15) is 29.3 Å². The van der Waals surface area contributed by atoms with E-state index in [9.17, 15) is 19.5 Å². The molecule has 8 heteroatoms. The third-order valence-corrected chi connectivity index (χ3v) is 4.56. The highest BCUT2D eigenvalue weighted by Crippen LogP contribution is 2.32. The number of hydrogen-bond donors (Lipinski definition) is 3. The van der Waals surface area contributed by atoms with Crippen LogP contribution in [0.25, 0.3) is 0 Å². The normalized spacial score (nSPS) is 14.0. The molecular formula is C20H20N2O6. The van der Waals surface area contributed by atoms with E-state index >= 15 is 0 Å². The van der Waals surface area contributed by atoms with Crippen LogP contribution in [0.2, 0.25) is 0 Å². The molecule has 1 unspecified atom stereocenters. The van der Waals surface area contributed by atoms with Gasteiger partial charge in [0.05, 0.1) is 6.54 Å². The van der Waals surface area contributed by atoms with Gasteiger partial charge in [0.25, 0.3) is 5.91 Å². The smallest absolute Gasteiger partial charge is 0.334 e. The number of rotatable bonds is 7. The van der Waals surface area contributed by atoms with Crippen LogP contribution in [0.3, 0.4) is 0 Å². The van der Waals surface area contributed by atoms with Crippen LogP contribution in [0.15, 0.2) is 48.5 Å². The van der Waals surface area contributed by atoms with Crippen molar-refractivity contribution in [1.82, 2.24) is 10.6 Å². The molecule has 28 heavy (non-hydrogen) atoms. The van der Waals surface area contributed by atoms with Gasteiger partial charge in [0.2, 0.25) is 12.7 Å². The highest BCUT2D eigenvalue weighted by molar-refractivity contribution is 5.97. The van der Waals surface area contributed by atoms with Crippen molar-refractivity contribution >= 4 is 17.8 Å². The predicted octanol–water partition coefficient (Wildman–Crippen LogP) is 1.65. The summed E-state index contributed by atoms with van der Waals surface area (Å²) in [5.41, 5.74) is -0.803. The van der Waals surface area contributed by atoms with Crippen LogP contribution >= 0.6 is 0 Å². The number of carbonyl (C=O) groups is 3. The predicted molar refractivity (Wildman–Crippen MR) is 99.1 cm³/mol. The summed E-state index contributed by atoms with van der Waals surface area (Å²) in [5, 5.41) is 14.8. The highest BCUT2D eigenvalue weighted by atomic mass is 16.7. The first kappa shape index (κ1) is 19.2. The molecule has 0 spiro atoms. The summed E-state index contributed by atoms with van der Waals surface area (Å²) in [6.45, 7) is 1.40. The molecule has 0 aliphatic carbocycles. The Labute approximate surface area is 161 Å². The molecule has 1 aliphatic rings. The number of benzene rings is 2.